The van der Waals surface area contributed by atoms with E-state index < -0.39 is 0 Å². The van der Waals surface area contributed by atoms with E-state index in [0.717, 1.165) is 5.69 Å². The van der Waals surface area contributed by atoms with Crippen molar-refractivity contribution in [2.75, 3.05) is 4.90 Å². The highest BCUT2D eigenvalue weighted by Crippen LogP contribution is 2.59. The summed E-state index contributed by atoms with van der Waals surface area (Å²) in [6.07, 6.45) is 6.93. The zero-order valence-electron chi connectivity index (χ0n) is 33.1. The number of para-hydroxylation sites is 1. The molecule has 0 N–H and O–H groups in total. The summed E-state index contributed by atoms with van der Waals surface area (Å²) >= 11 is 1.95. The van der Waals surface area contributed by atoms with E-state index in [-0.39, 0.29) is 10.8 Å². The van der Waals surface area contributed by atoms with Crippen LogP contribution in [0.25, 0.3) is 44.2 Å². The zero-order valence-corrected chi connectivity index (χ0v) is 33.9. The first-order valence-electron chi connectivity index (χ1n) is 20.1. The highest BCUT2D eigenvalue weighted by atomic mass is 32.2. The van der Waals surface area contributed by atoms with Crippen molar-refractivity contribution in [1.29, 1.82) is 0 Å². The largest absolute Gasteiger partial charge is 0.309 e. The fraction of sp³-hybridized carbons (Fsp3) is 0.185. The van der Waals surface area contributed by atoms with Crippen LogP contribution in [0.5, 0.6) is 0 Å². The molecule has 2 unspecified atom stereocenters. The highest BCUT2D eigenvalue weighted by molar-refractivity contribution is 8.03. The van der Waals surface area contributed by atoms with E-state index in [9.17, 15) is 0 Å². The summed E-state index contributed by atoms with van der Waals surface area (Å²) in [6, 6.07) is 54.8. The van der Waals surface area contributed by atoms with Crippen molar-refractivity contribution >= 4 is 39.6 Å². The maximum absolute atomic E-state index is 2.53. The van der Waals surface area contributed by atoms with Crippen LogP contribution < -0.4 is 4.90 Å². The summed E-state index contributed by atoms with van der Waals surface area (Å²) in [4.78, 5) is 5.33. The lowest BCUT2D eigenvalue weighted by atomic mass is 9.79. The average Bonchev–Trinajstić information content (AvgIpc) is 3.71. The molecular weight excluding hydrogens is 695 g/mol. The fourth-order valence-electron chi connectivity index (χ4n) is 9.58. The smallest absolute Gasteiger partial charge is 0.0604 e. The van der Waals surface area contributed by atoms with Crippen molar-refractivity contribution < 1.29 is 0 Å². The molecule has 10 rings (SSSR count). The molecule has 0 bridgehead atoms. The van der Waals surface area contributed by atoms with Gasteiger partial charge in [-0.15, -0.1) is 0 Å². The number of anilines is 3. The second-order valence-electron chi connectivity index (χ2n) is 17.4. The van der Waals surface area contributed by atoms with Gasteiger partial charge < -0.3 is 4.90 Å². The van der Waals surface area contributed by atoms with Crippen LogP contribution in [0.2, 0.25) is 0 Å². The normalized spacial score (nSPS) is 17.6. The van der Waals surface area contributed by atoms with Crippen LogP contribution in [0.3, 0.4) is 0 Å². The van der Waals surface area contributed by atoms with Gasteiger partial charge in [-0.1, -0.05) is 193 Å². The molecule has 274 valence electrons. The van der Waals surface area contributed by atoms with Gasteiger partial charge in [0, 0.05) is 27.5 Å². The lowest BCUT2D eigenvalue weighted by Gasteiger charge is -2.30. The Labute approximate surface area is 336 Å². The van der Waals surface area contributed by atoms with Crippen molar-refractivity contribution in [2.24, 2.45) is 5.92 Å². The Bertz CT molecular complexity index is 2750. The molecule has 56 heavy (non-hydrogen) atoms. The number of benzene rings is 7. The van der Waals surface area contributed by atoms with E-state index in [2.05, 4.69) is 210 Å². The minimum Gasteiger partial charge on any atom is -0.309 e. The molecule has 2 aliphatic carbocycles. The Balaban J connectivity index is 1.18. The van der Waals surface area contributed by atoms with Crippen LogP contribution in [-0.4, -0.2) is 0 Å². The molecule has 2 heteroatoms. The molecule has 7 aromatic carbocycles. The van der Waals surface area contributed by atoms with Gasteiger partial charge in [0.05, 0.1) is 11.4 Å². The molecule has 3 aliphatic rings. The van der Waals surface area contributed by atoms with Crippen molar-refractivity contribution in [3.63, 3.8) is 0 Å². The van der Waals surface area contributed by atoms with Gasteiger partial charge in [-0.25, -0.2) is 0 Å². The number of thioether (sulfide) groups is 1. The maximum Gasteiger partial charge on any atom is 0.0604 e. The van der Waals surface area contributed by atoms with E-state index in [4.69, 9.17) is 0 Å². The number of rotatable bonds is 5. The summed E-state index contributed by atoms with van der Waals surface area (Å²) in [5.74, 6) is 0.841. The number of fused-ring (bicyclic) bond motifs is 7. The van der Waals surface area contributed by atoms with E-state index >= 15 is 0 Å². The predicted octanol–water partition coefficient (Wildman–Crippen LogP) is 15.5. The Morgan fingerprint density at radius 1 is 0.625 bits per heavy atom. The van der Waals surface area contributed by atoms with Crippen LogP contribution in [-0.2, 0) is 10.8 Å². The van der Waals surface area contributed by atoms with Crippen molar-refractivity contribution in [3.8, 4) is 33.4 Å². The van der Waals surface area contributed by atoms with Crippen molar-refractivity contribution in [2.45, 2.75) is 63.2 Å². The van der Waals surface area contributed by atoms with Gasteiger partial charge in [-0.3, -0.25) is 0 Å². The minimum atomic E-state index is -0.111. The molecule has 0 saturated heterocycles. The quantitative estimate of drug-likeness (QED) is 0.173. The van der Waals surface area contributed by atoms with Crippen molar-refractivity contribution in [1.82, 2.24) is 0 Å². The minimum absolute atomic E-state index is 0.0777. The third-order valence-electron chi connectivity index (χ3n) is 12.6. The van der Waals surface area contributed by atoms with Gasteiger partial charge in [-0.05, 0) is 101 Å². The van der Waals surface area contributed by atoms with Crippen LogP contribution in [0, 0.1) is 5.92 Å². The molecule has 1 aliphatic heterocycles. The lowest BCUT2D eigenvalue weighted by Crippen LogP contribution is -2.17. The first kappa shape index (κ1) is 34.9. The molecule has 0 spiro atoms. The summed E-state index contributed by atoms with van der Waals surface area (Å²) in [5, 5.41) is 2.53. The summed E-state index contributed by atoms with van der Waals surface area (Å²) in [5.41, 5.74) is 16.8. The van der Waals surface area contributed by atoms with E-state index in [1.807, 2.05) is 11.8 Å². The van der Waals surface area contributed by atoms with Gasteiger partial charge in [0.1, 0.15) is 0 Å². The Kier molecular flexibility index (Phi) is 8.10. The van der Waals surface area contributed by atoms with E-state index in [1.165, 1.54) is 87.6 Å². The van der Waals surface area contributed by atoms with Gasteiger partial charge in [-0.2, -0.15) is 0 Å². The lowest BCUT2D eigenvalue weighted by molar-refractivity contribution is 0.584. The first-order chi connectivity index (χ1) is 27.1. The molecule has 0 fully saturated rings. The van der Waals surface area contributed by atoms with Crippen LogP contribution in [0.4, 0.5) is 17.1 Å². The van der Waals surface area contributed by atoms with Gasteiger partial charge in [0.15, 0.2) is 0 Å². The van der Waals surface area contributed by atoms with Crippen LogP contribution in [0.1, 0.15) is 69.7 Å². The maximum atomic E-state index is 2.53. The highest BCUT2D eigenvalue weighted by Gasteiger charge is 2.39. The molecular formula is C54H47NS. The zero-order chi connectivity index (χ0) is 38.3. The number of hydrogen-bond acceptors (Lipinski definition) is 2. The number of hydrogen-bond donors (Lipinski definition) is 0. The fourth-order valence-corrected chi connectivity index (χ4v) is 11.0. The summed E-state index contributed by atoms with van der Waals surface area (Å²) in [6.45, 7) is 14.1. The molecule has 1 heterocycles. The number of allylic oxidation sites excluding steroid dienone is 4. The molecule has 1 nitrogen and oxygen atoms in total. The Morgan fingerprint density at radius 2 is 1.32 bits per heavy atom. The average molecular weight is 742 g/mol. The molecule has 2 atom stereocenters. The molecule has 0 aromatic heterocycles. The third kappa shape index (κ3) is 5.45. The van der Waals surface area contributed by atoms with Gasteiger partial charge >= 0.3 is 0 Å². The Morgan fingerprint density at radius 3 is 2.16 bits per heavy atom. The second-order valence-corrected chi connectivity index (χ2v) is 18.5. The monoisotopic (exact) mass is 741 g/mol. The standard InChI is InChI=1S/C54H47NS/c1-34-15-11-26-49-50(34)44-22-14-25-48(52(44)56-49)55(38-30-27-36(28-31-38)40-20-12-17-35-16-7-8-18-39(35)40)47-24-10-9-19-41(47)42-21-13-23-45-51(42)43-32-29-37(53(2,3)4)33-46(43)54(45,5)6/h7-34,50H,1-6H3. The summed E-state index contributed by atoms with van der Waals surface area (Å²) < 4.78 is 0. The van der Waals surface area contributed by atoms with E-state index in [0.29, 0.717) is 11.8 Å². The van der Waals surface area contributed by atoms with E-state index in [1.54, 1.807) is 0 Å². The predicted molar refractivity (Wildman–Crippen MR) is 241 cm³/mol. The topological polar surface area (TPSA) is 3.24 Å². The molecule has 7 aromatic rings. The molecule has 0 radical (unpaired) electrons. The second kappa shape index (κ2) is 13.0. The van der Waals surface area contributed by atoms with Gasteiger partial charge in [0.25, 0.3) is 0 Å². The Hall–Kier alpha value is -5.57. The molecule has 0 amide bonds. The van der Waals surface area contributed by atoms with Crippen LogP contribution in [0.15, 0.2) is 174 Å². The SMILES string of the molecule is CC1C=CC=C2Sc3c(cccc3N(c3ccc(-c4cccc5ccccc45)cc3)c3ccccc3-c3cccc4c3-c3ccc(C(C)(C)C)cc3C4(C)C)C21. The first-order valence-corrected chi connectivity index (χ1v) is 20.9. The third-order valence-corrected chi connectivity index (χ3v) is 13.8. The number of nitrogens with zero attached hydrogens (tertiary/aromatic N) is 1. The molecule has 0 saturated carbocycles. The van der Waals surface area contributed by atoms with Gasteiger partial charge in [0.2, 0.25) is 0 Å². The summed E-state index contributed by atoms with van der Waals surface area (Å²) in [7, 11) is 0. The van der Waals surface area contributed by atoms with Crippen LogP contribution >= 0.6 is 11.8 Å². The van der Waals surface area contributed by atoms with Crippen molar-refractivity contribution in [3.05, 3.63) is 191 Å².